The number of nitrogens with one attached hydrogen (secondary N) is 1. The van der Waals surface area contributed by atoms with E-state index < -0.39 is 17.7 Å². The Balaban J connectivity index is 1.76. The van der Waals surface area contributed by atoms with Crippen molar-refractivity contribution in [1.82, 2.24) is 10.2 Å². The van der Waals surface area contributed by atoms with Gasteiger partial charge in [0.1, 0.15) is 6.61 Å². The molecule has 2 saturated heterocycles. The lowest BCUT2D eigenvalue weighted by atomic mass is 9.83. The SMILES string of the molecule is CO[C@]12C3NC3CN1C1=C(C(=O)C(OCC(C)C)=C(C)C1=O)[C@H]2COC(N)=O. The number of nitrogens with zero attached hydrogens (tertiary/aromatic N) is 1. The van der Waals surface area contributed by atoms with Crippen LogP contribution in [0.25, 0.3) is 0 Å². The van der Waals surface area contributed by atoms with Crippen molar-refractivity contribution in [3.63, 3.8) is 0 Å². The van der Waals surface area contributed by atoms with Gasteiger partial charge < -0.3 is 30.2 Å². The Hall–Kier alpha value is -2.39. The summed E-state index contributed by atoms with van der Waals surface area (Å²) in [6, 6.07) is 0.0985. The van der Waals surface area contributed by atoms with Crippen LogP contribution in [0.3, 0.4) is 0 Å². The first-order valence-electron chi connectivity index (χ1n) is 9.42. The molecule has 3 heterocycles. The predicted molar refractivity (Wildman–Crippen MR) is 96.7 cm³/mol. The standard InChI is InChI=1S/C19H25N3O6/c1-8(2)6-27-16-9(3)14(23)13-12(15(16)24)10(7-28-18(20)25)19(26-4)17-11(21-17)5-22(13)19/h8,10-11,17,21H,5-7H2,1-4H3,(H2,20,25)/t10-,11?,17?,19-/m1/s1. The molecule has 152 valence electrons. The number of carbonyl (C=O) groups excluding carboxylic acids is 3. The summed E-state index contributed by atoms with van der Waals surface area (Å²) in [6.45, 7) is 6.24. The number of methoxy groups -OCH3 is 1. The summed E-state index contributed by atoms with van der Waals surface area (Å²) >= 11 is 0. The fourth-order valence-electron chi connectivity index (χ4n) is 4.69. The van der Waals surface area contributed by atoms with Gasteiger partial charge in [0.25, 0.3) is 0 Å². The van der Waals surface area contributed by atoms with Crippen LogP contribution in [0, 0.1) is 11.8 Å². The average molecular weight is 391 g/mol. The van der Waals surface area contributed by atoms with E-state index in [2.05, 4.69) is 5.32 Å². The molecule has 0 spiro atoms. The first-order chi connectivity index (χ1) is 13.2. The van der Waals surface area contributed by atoms with Gasteiger partial charge >= 0.3 is 6.09 Å². The molecule has 9 nitrogen and oxygen atoms in total. The molecule has 0 aromatic heterocycles. The van der Waals surface area contributed by atoms with Gasteiger partial charge in [0.15, 0.2) is 11.5 Å². The Bertz CT molecular complexity index is 832. The first-order valence-corrected chi connectivity index (χ1v) is 9.42. The molecule has 1 aliphatic carbocycles. The Labute approximate surface area is 162 Å². The summed E-state index contributed by atoms with van der Waals surface area (Å²) in [6.07, 6.45) is -0.942. The van der Waals surface area contributed by atoms with Crippen molar-refractivity contribution in [2.75, 3.05) is 26.9 Å². The van der Waals surface area contributed by atoms with Gasteiger partial charge in [0.05, 0.1) is 24.3 Å². The molecule has 0 aromatic rings. The van der Waals surface area contributed by atoms with Gasteiger partial charge in [-0.1, -0.05) is 13.8 Å². The second kappa shape index (κ2) is 6.31. The zero-order chi connectivity index (χ0) is 20.4. The van der Waals surface area contributed by atoms with Gasteiger partial charge in [-0.05, 0) is 12.8 Å². The van der Waals surface area contributed by atoms with E-state index in [1.165, 1.54) is 7.11 Å². The van der Waals surface area contributed by atoms with Crippen molar-refractivity contribution in [2.45, 2.75) is 38.6 Å². The van der Waals surface area contributed by atoms with Crippen LogP contribution in [0.5, 0.6) is 0 Å². The molecular formula is C19H25N3O6. The van der Waals surface area contributed by atoms with Crippen molar-refractivity contribution in [3.05, 3.63) is 22.6 Å². The second-order valence-corrected chi connectivity index (χ2v) is 8.08. The molecule has 0 aromatic carbocycles. The Morgan fingerprint density at radius 2 is 2.07 bits per heavy atom. The van der Waals surface area contributed by atoms with Crippen molar-refractivity contribution in [2.24, 2.45) is 17.6 Å². The number of carbonyl (C=O) groups is 3. The van der Waals surface area contributed by atoms with Crippen LogP contribution in [0.4, 0.5) is 4.79 Å². The highest BCUT2D eigenvalue weighted by molar-refractivity contribution is 6.25. The molecule has 2 fully saturated rings. The molecule has 1 amide bonds. The maximum Gasteiger partial charge on any atom is 0.404 e. The molecule has 4 aliphatic rings. The zero-order valence-electron chi connectivity index (χ0n) is 16.4. The summed E-state index contributed by atoms with van der Waals surface area (Å²) < 4.78 is 16.7. The molecule has 0 bridgehead atoms. The molecule has 9 heteroatoms. The molecule has 0 radical (unpaired) electrons. The number of ether oxygens (including phenoxy) is 3. The summed E-state index contributed by atoms with van der Waals surface area (Å²) in [5.41, 5.74) is 5.10. The van der Waals surface area contributed by atoms with Gasteiger partial charge in [-0.3, -0.25) is 9.59 Å². The number of amides is 1. The monoisotopic (exact) mass is 391 g/mol. The zero-order valence-corrected chi connectivity index (χ0v) is 16.4. The predicted octanol–water partition coefficient (Wildman–Crippen LogP) is 0.0627. The third-order valence-corrected chi connectivity index (χ3v) is 5.93. The number of hydrogen-bond donors (Lipinski definition) is 2. The van der Waals surface area contributed by atoms with Crippen LogP contribution < -0.4 is 11.1 Å². The summed E-state index contributed by atoms with van der Waals surface area (Å²) in [4.78, 5) is 39.7. The normalized spacial score (nSPS) is 33.3. The van der Waals surface area contributed by atoms with Gasteiger partial charge in [0, 0.05) is 30.8 Å². The third-order valence-electron chi connectivity index (χ3n) is 5.93. The number of hydrogen-bond acceptors (Lipinski definition) is 8. The van der Waals surface area contributed by atoms with Crippen molar-refractivity contribution in [3.8, 4) is 0 Å². The smallest absolute Gasteiger partial charge is 0.404 e. The fraction of sp³-hybridized carbons (Fsp3) is 0.632. The number of fused-ring (bicyclic) bond motifs is 4. The molecule has 28 heavy (non-hydrogen) atoms. The number of primary amides is 1. The molecule has 3 aliphatic heterocycles. The lowest BCUT2D eigenvalue weighted by Crippen LogP contribution is -2.55. The fourth-order valence-corrected chi connectivity index (χ4v) is 4.69. The lowest BCUT2D eigenvalue weighted by molar-refractivity contribution is -0.137. The van der Waals surface area contributed by atoms with E-state index in [0.717, 1.165) is 0 Å². The number of nitrogens with two attached hydrogens (primary N) is 1. The van der Waals surface area contributed by atoms with Crippen LogP contribution in [0.2, 0.25) is 0 Å². The van der Waals surface area contributed by atoms with Crippen molar-refractivity contribution >= 4 is 17.7 Å². The number of piperazine rings is 1. The quantitative estimate of drug-likeness (QED) is 0.480. The third kappa shape index (κ3) is 2.42. The minimum absolute atomic E-state index is 0.0641. The Morgan fingerprint density at radius 3 is 2.68 bits per heavy atom. The van der Waals surface area contributed by atoms with Crippen molar-refractivity contribution in [1.29, 1.82) is 0 Å². The molecule has 2 unspecified atom stereocenters. The molecular weight excluding hydrogens is 366 g/mol. The summed E-state index contributed by atoms with van der Waals surface area (Å²) in [7, 11) is 1.54. The number of allylic oxidation sites excluding steroid dienone is 2. The van der Waals surface area contributed by atoms with Gasteiger partial charge in [-0.15, -0.1) is 0 Å². The van der Waals surface area contributed by atoms with E-state index in [-0.39, 0.29) is 47.5 Å². The Kier molecular flexibility index (Phi) is 4.27. The van der Waals surface area contributed by atoms with E-state index in [1.54, 1.807) is 6.92 Å². The first kappa shape index (κ1) is 18.9. The van der Waals surface area contributed by atoms with E-state index in [9.17, 15) is 14.4 Å². The maximum absolute atomic E-state index is 13.4. The molecule has 0 saturated carbocycles. The Morgan fingerprint density at radius 1 is 1.36 bits per heavy atom. The minimum Gasteiger partial charge on any atom is -0.489 e. The van der Waals surface area contributed by atoms with Crippen molar-refractivity contribution < 1.29 is 28.6 Å². The molecule has 4 rings (SSSR count). The van der Waals surface area contributed by atoms with Crippen LogP contribution in [0.15, 0.2) is 22.6 Å². The number of rotatable bonds is 6. The van der Waals surface area contributed by atoms with E-state index in [0.29, 0.717) is 24.4 Å². The second-order valence-electron chi connectivity index (χ2n) is 8.08. The molecule has 4 atom stereocenters. The number of Topliss-reactive ketones (excluding diaryl/α,β-unsaturated/α-hetero) is 2. The summed E-state index contributed by atoms with van der Waals surface area (Å²) in [5, 5.41) is 3.32. The average Bonchev–Trinajstić information content (AvgIpc) is 3.24. The minimum atomic E-state index is -0.968. The van der Waals surface area contributed by atoms with E-state index >= 15 is 0 Å². The topological polar surface area (TPSA) is 130 Å². The van der Waals surface area contributed by atoms with Gasteiger partial charge in [-0.2, -0.15) is 0 Å². The van der Waals surface area contributed by atoms with Gasteiger partial charge in [0.2, 0.25) is 11.6 Å². The highest BCUT2D eigenvalue weighted by Crippen LogP contribution is 2.55. The highest BCUT2D eigenvalue weighted by Gasteiger charge is 2.72. The molecule has 3 N–H and O–H groups in total. The van der Waals surface area contributed by atoms with Crippen LogP contribution in [-0.2, 0) is 23.8 Å². The van der Waals surface area contributed by atoms with Crippen LogP contribution in [-0.4, -0.2) is 67.2 Å². The maximum atomic E-state index is 13.4. The largest absolute Gasteiger partial charge is 0.489 e. The van der Waals surface area contributed by atoms with Crippen LogP contribution in [0.1, 0.15) is 20.8 Å². The van der Waals surface area contributed by atoms with E-state index in [4.69, 9.17) is 19.9 Å². The van der Waals surface area contributed by atoms with Crippen LogP contribution >= 0.6 is 0 Å². The van der Waals surface area contributed by atoms with E-state index in [1.807, 2.05) is 18.7 Å². The van der Waals surface area contributed by atoms with Gasteiger partial charge in [-0.25, -0.2) is 4.79 Å². The lowest BCUT2D eigenvalue weighted by Gasteiger charge is -2.39. The number of ketones is 2. The highest BCUT2D eigenvalue weighted by atomic mass is 16.6. The summed E-state index contributed by atoms with van der Waals surface area (Å²) in [5.74, 6) is -0.992.